The first kappa shape index (κ1) is 21.1. The van der Waals surface area contributed by atoms with E-state index in [0.717, 1.165) is 13.1 Å². The first-order valence-electron chi connectivity index (χ1n) is 9.69. The molecule has 1 aliphatic heterocycles. The number of carbonyl (C=O) groups excluding carboxylic acids is 1. The van der Waals surface area contributed by atoms with Crippen molar-refractivity contribution in [3.05, 3.63) is 63.2 Å². The molecular weight excluding hydrogens is 392 g/mol. The van der Waals surface area contributed by atoms with Gasteiger partial charge in [-0.3, -0.25) is 19.8 Å². The number of hydrogen-bond acceptors (Lipinski definition) is 5. The van der Waals surface area contributed by atoms with Crippen molar-refractivity contribution in [3.8, 4) is 0 Å². The molecule has 0 bridgehead atoms. The highest BCUT2D eigenvalue weighted by Gasteiger charge is 2.17. The highest BCUT2D eigenvalue weighted by molar-refractivity contribution is 6.34. The van der Waals surface area contributed by atoms with Gasteiger partial charge in [0.15, 0.2) is 0 Å². The molecule has 8 heteroatoms. The molecule has 0 spiro atoms. The minimum atomic E-state index is -0.523. The van der Waals surface area contributed by atoms with E-state index in [1.807, 2.05) is 18.0 Å². The Labute approximate surface area is 175 Å². The van der Waals surface area contributed by atoms with Crippen LogP contribution in [0.15, 0.2) is 42.5 Å². The minimum Gasteiger partial charge on any atom is -0.371 e. The zero-order chi connectivity index (χ0) is 20.8. The molecule has 154 valence electrons. The molecule has 0 atom stereocenters. The van der Waals surface area contributed by atoms with Crippen LogP contribution in [-0.2, 0) is 11.3 Å². The highest BCUT2D eigenvalue weighted by Crippen LogP contribution is 2.27. The van der Waals surface area contributed by atoms with E-state index in [4.69, 9.17) is 11.6 Å². The number of likely N-dealkylation sites (N-methyl/N-ethyl adjacent to an activating group) is 1. The molecule has 1 aliphatic rings. The standard InChI is InChI=1S/C21H25ClN4O3/c1-24(14-16-7-3-4-8-20(16)25-11-5-2-6-12-25)15-21(27)23-19-10-9-17(26(28)29)13-18(19)22/h3-4,7-10,13H,2,5-6,11-12,14-15H2,1H3,(H,23,27). The van der Waals surface area contributed by atoms with Crippen molar-refractivity contribution in [1.82, 2.24) is 4.90 Å². The zero-order valence-corrected chi connectivity index (χ0v) is 17.2. The van der Waals surface area contributed by atoms with E-state index >= 15 is 0 Å². The summed E-state index contributed by atoms with van der Waals surface area (Å²) in [5.74, 6) is -0.223. The number of piperidine rings is 1. The van der Waals surface area contributed by atoms with Crippen molar-refractivity contribution >= 4 is 34.6 Å². The van der Waals surface area contributed by atoms with Gasteiger partial charge in [0.25, 0.3) is 5.69 Å². The normalized spacial score (nSPS) is 14.1. The second-order valence-electron chi connectivity index (χ2n) is 7.32. The van der Waals surface area contributed by atoms with E-state index in [1.54, 1.807) is 0 Å². The van der Waals surface area contributed by atoms with Gasteiger partial charge in [-0.25, -0.2) is 0 Å². The number of hydrogen-bond donors (Lipinski definition) is 1. The quantitative estimate of drug-likeness (QED) is 0.537. The van der Waals surface area contributed by atoms with Gasteiger partial charge in [-0.05, 0) is 44.0 Å². The third kappa shape index (κ3) is 5.68. The van der Waals surface area contributed by atoms with Crippen molar-refractivity contribution in [3.63, 3.8) is 0 Å². The third-order valence-electron chi connectivity index (χ3n) is 4.98. The molecule has 0 unspecified atom stereocenters. The Kier molecular flexibility index (Phi) is 7.06. The summed E-state index contributed by atoms with van der Waals surface area (Å²) in [5.41, 5.74) is 2.68. The number of nitrogens with zero attached hydrogens (tertiary/aromatic N) is 3. The average Bonchev–Trinajstić information content (AvgIpc) is 2.70. The Bertz CT molecular complexity index is 884. The molecule has 29 heavy (non-hydrogen) atoms. The Morgan fingerprint density at radius 3 is 2.62 bits per heavy atom. The second kappa shape index (κ2) is 9.71. The molecule has 0 aliphatic carbocycles. The SMILES string of the molecule is CN(CC(=O)Nc1ccc([N+](=O)[O-])cc1Cl)Cc1ccccc1N1CCCCC1. The van der Waals surface area contributed by atoms with Gasteiger partial charge in [0, 0.05) is 37.5 Å². The molecule has 1 N–H and O–H groups in total. The van der Waals surface area contributed by atoms with Crippen LogP contribution in [0.2, 0.25) is 5.02 Å². The van der Waals surface area contributed by atoms with Crippen LogP contribution >= 0.6 is 11.6 Å². The summed E-state index contributed by atoms with van der Waals surface area (Å²) in [6.07, 6.45) is 3.70. The summed E-state index contributed by atoms with van der Waals surface area (Å²) in [5, 5.41) is 13.7. The van der Waals surface area contributed by atoms with Gasteiger partial charge in [0.1, 0.15) is 0 Å². The van der Waals surface area contributed by atoms with Crippen LogP contribution in [0.4, 0.5) is 17.1 Å². The van der Waals surface area contributed by atoms with Crippen molar-refractivity contribution in [2.24, 2.45) is 0 Å². The summed E-state index contributed by atoms with van der Waals surface area (Å²) < 4.78 is 0. The first-order chi connectivity index (χ1) is 13.9. The fourth-order valence-electron chi connectivity index (χ4n) is 3.59. The van der Waals surface area contributed by atoms with Crippen LogP contribution in [0.5, 0.6) is 0 Å². The molecule has 0 saturated carbocycles. The maximum atomic E-state index is 12.4. The first-order valence-corrected chi connectivity index (χ1v) is 10.1. The number of nitro benzene ring substituents is 1. The number of nitro groups is 1. The molecule has 0 aromatic heterocycles. The van der Waals surface area contributed by atoms with Gasteiger partial charge in [-0.15, -0.1) is 0 Å². The number of rotatable bonds is 7. The Morgan fingerprint density at radius 2 is 1.93 bits per heavy atom. The number of halogens is 1. The lowest BCUT2D eigenvalue weighted by atomic mass is 10.1. The summed E-state index contributed by atoms with van der Waals surface area (Å²) in [4.78, 5) is 27.1. The molecule has 1 heterocycles. The fraction of sp³-hybridized carbons (Fsp3) is 0.381. The van der Waals surface area contributed by atoms with Crippen LogP contribution in [0, 0.1) is 10.1 Å². The lowest BCUT2D eigenvalue weighted by Crippen LogP contribution is -2.33. The maximum absolute atomic E-state index is 12.4. The van der Waals surface area contributed by atoms with Crippen LogP contribution in [0.3, 0.4) is 0 Å². The predicted octanol–water partition coefficient (Wildman–Crippen LogP) is 4.31. The minimum absolute atomic E-state index is 0.112. The van der Waals surface area contributed by atoms with Gasteiger partial charge < -0.3 is 10.2 Å². The molecule has 7 nitrogen and oxygen atoms in total. The summed E-state index contributed by atoms with van der Waals surface area (Å²) >= 11 is 6.05. The number of non-ortho nitro benzene ring substituents is 1. The maximum Gasteiger partial charge on any atom is 0.271 e. The van der Waals surface area contributed by atoms with Gasteiger partial charge in [0.2, 0.25) is 5.91 Å². The van der Waals surface area contributed by atoms with Crippen molar-refractivity contribution in [1.29, 1.82) is 0 Å². The molecule has 1 amide bonds. The van der Waals surface area contributed by atoms with E-state index in [1.165, 1.54) is 48.7 Å². The van der Waals surface area contributed by atoms with Gasteiger partial charge >= 0.3 is 0 Å². The highest BCUT2D eigenvalue weighted by atomic mass is 35.5. The lowest BCUT2D eigenvalue weighted by molar-refractivity contribution is -0.384. The van der Waals surface area contributed by atoms with E-state index in [9.17, 15) is 14.9 Å². The number of carbonyl (C=O) groups is 1. The van der Waals surface area contributed by atoms with Crippen molar-refractivity contribution in [2.75, 3.05) is 36.9 Å². The third-order valence-corrected chi connectivity index (χ3v) is 5.29. The van der Waals surface area contributed by atoms with E-state index in [-0.39, 0.29) is 23.2 Å². The van der Waals surface area contributed by atoms with E-state index in [2.05, 4.69) is 28.4 Å². The Balaban J connectivity index is 1.60. The molecular formula is C21H25ClN4O3. The summed E-state index contributed by atoms with van der Waals surface area (Å²) in [7, 11) is 1.89. The van der Waals surface area contributed by atoms with Gasteiger partial charge in [0.05, 0.1) is 22.2 Å². The monoisotopic (exact) mass is 416 g/mol. The molecule has 1 fully saturated rings. The number of benzene rings is 2. The van der Waals surface area contributed by atoms with Crippen LogP contribution in [0.25, 0.3) is 0 Å². The lowest BCUT2D eigenvalue weighted by Gasteiger charge is -2.31. The molecule has 2 aromatic carbocycles. The summed E-state index contributed by atoms with van der Waals surface area (Å²) in [6.45, 7) is 2.97. The topological polar surface area (TPSA) is 78.7 Å². The van der Waals surface area contributed by atoms with Gasteiger partial charge in [-0.2, -0.15) is 0 Å². The molecule has 1 saturated heterocycles. The van der Waals surface area contributed by atoms with Crippen LogP contribution in [-0.4, -0.2) is 42.4 Å². The second-order valence-corrected chi connectivity index (χ2v) is 7.73. The number of anilines is 2. The fourth-order valence-corrected chi connectivity index (χ4v) is 3.81. The van der Waals surface area contributed by atoms with E-state index < -0.39 is 4.92 Å². The van der Waals surface area contributed by atoms with E-state index in [0.29, 0.717) is 12.2 Å². The smallest absolute Gasteiger partial charge is 0.271 e. The number of amides is 1. The molecule has 0 radical (unpaired) electrons. The van der Waals surface area contributed by atoms with Gasteiger partial charge in [-0.1, -0.05) is 29.8 Å². The number of para-hydroxylation sites is 1. The average molecular weight is 417 g/mol. The summed E-state index contributed by atoms with van der Waals surface area (Å²) in [6, 6.07) is 12.3. The molecule has 2 aromatic rings. The predicted molar refractivity (Wildman–Crippen MR) is 116 cm³/mol. The van der Waals surface area contributed by atoms with Crippen molar-refractivity contribution < 1.29 is 9.72 Å². The Hall–Kier alpha value is -2.64. The zero-order valence-electron chi connectivity index (χ0n) is 16.4. The number of nitrogens with one attached hydrogen (secondary N) is 1. The van der Waals surface area contributed by atoms with Crippen molar-refractivity contribution in [2.45, 2.75) is 25.8 Å². The Morgan fingerprint density at radius 1 is 1.21 bits per heavy atom. The largest absolute Gasteiger partial charge is 0.371 e. The van der Waals surface area contributed by atoms with Crippen LogP contribution < -0.4 is 10.2 Å². The van der Waals surface area contributed by atoms with Crippen LogP contribution in [0.1, 0.15) is 24.8 Å². The molecule has 3 rings (SSSR count).